The summed E-state index contributed by atoms with van der Waals surface area (Å²) in [6, 6.07) is 11.2. The van der Waals surface area contributed by atoms with Gasteiger partial charge in [0.25, 0.3) is 0 Å². The van der Waals surface area contributed by atoms with E-state index in [0.29, 0.717) is 0 Å². The first-order chi connectivity index (χ1) is 10.5. The number of carbonyl (C=O) groups is 1. The van der Waals surface area contributed by atoms with Crippen molar-refractivity contribution in [3.8, 4) is 17.2 Å². The quantitative estimate of drug-likeness (QED) is 0.651. The molecule has 0 aliphatic rings. The number of benzene rings is 2. The van der Waals surface area contributed by atoms with Crippen LogP contribution in [0.2, 0.25) is 0 Å². The van der Waals surface area contributed by atoms with Crippen LogP contribution in [0.15, 0.2) is 48.5 Å². The second-order valence-electron chi connectivity index (χ2n) is 5.13. The van der Waals surface area contributed by atoms with E-state index in [1.807, 2.05) is 38.1 Å². The summed E-state index contributed by atoms with van der Waals surface area (Å²) in [4.78, 5) is 12.0. The molecule has 2 rings (SSSR count). The summed E-state index contributed by atoms with van der Waals surface area (Å²) in [5.74, 6) is 0.115. The molecular weight excluding hydrogens is 280 g/mol. The van der Waals surface area contributed by atoms with Crippen LogP contribution in [0.1, 0.15) is 29.8 Å². The first-order valence-electron chi connectivity index (χ1n) is 6.97. The highest BCUT2D eigenvalue weighted by molar-refractivity contribution is 6.08. The lowest BCUT2D eigenvalue weighted by atomic mass is 10.1. The van der Waals surface area contributed by atoms with Gasteiger partial charge in [0.05, 0.1) is 11.7 Å². The molecular formula is C18H18O4. The lowest BCUT2D eigenvalue weighted by molar-refractivity contribution is 0.104. The van der Waals surface area contributed by atoms with E-state index in [-0.39, 0.29) is 28.9 Å². The Hall–Kier alpha value is -2.75. The molecule has 0 aliphatic carbocycles. The maximum atomic E-state index is 12.0. The molecule has 0 heterocycles. The highest BCUT2D eigenvalue weighted by Gasteiger charge is 2.08. The lowest BCUT2D eigenvalue weighted by Crippen LogP contribution is -2.05. The van der Waals surface area contributed by atoms with Crippen LogP contribution in [0, 0.1) is 0 Å². The molecule has 22 heavy (non-hydrogen) atoms. The van der Waals surface area contributed by atoms with E-state index in [1.165, 1.54) is 18.2 Å². The van der Waals surface area contributed by atoms with Gasteiger partial charge in [-0.3, -0.25) is 4.79 Å². The van der Waals surface area contributed by atoms with E-state index in [0.717, 1.165) is 17.4 Å². The average Bonchev–Trinajstić information content (AvgIpc) is 2.45. The minimum atomic E-state index is -0.333. The van der Waals surface area contributed by atoms with Gasteiger partial charge in [0.15, 0.2) is 5.78 Å². The van der Waals surface area contributed by atoms with E-state index in [9.17, 15) is 15.0 Å². The van der Waals surface area contributed by atoms with Gasteiger partial charge in [-0.2, -0.15) is 0 Å². The van der Waals surface area contributed by atoms with E-state index in [1.54, 1.807) is 6.08 Å². The molecule has 2 aromatic rings. The second-order valence-corrected chi connectivity index (χ2v) is 5.13. The standard InChI is InChI=1S/C18H18O4/c1-12(2)22-15-7-3-13(4-8-15)5-10-17(20)16-9-6-14(19)11-18(16)21/h3-12,19,21H,1-2H3/b10-5+. The van der Waals surface area contributed by atoms with Crippen LogP contribution in [0.25, 0.3) is 6.08 Å². The predicted octanol–water partition coefficient (Wildman–Crippen LogP) is 3.78. The van der Waals surface area contributed by atoms with Crippen LogP contribution in [0.3, 0.4) is 0 Å². The highest BCUT2D eigenvalue weighted by atomic mass is 16.5. The maximum absolute atomic E-state index is 12.0. The number of phenolic OH excluding ortho intramolecular Hbond substituents is 2. The van der Waals surface area contributed by atoms with Crippen molar-refractivity contribution in [1.29, 1.82) is 0 Å². The number of hydrogen-bond donors (Lipinski definition) is 2. The van der Waals surface area contributed by atoms with E-state index in [4.69, 9.17) is 4.74 Å². The van der Waals surface area contributed by atoms with Crippen molar-refractivity contribution in [2.75, 3.05) is 0 Å². The zero-order valence-corrected chi connectivity index (χ0v) is 12.5. The fourth-order valence-corrected chi connectivity index (χ4v) is 1.92. The third kappa shape index (κ3) is 4.12. The van der Waals surface area contributed by atoms with Crippen molar-refractivity contribution in [3.05, 3.63) is 59.7 Å². The fourth-order valence-electron chi connectivity index (χ4n) is 1.92. The molecule has 0 amide bonds. The Morgan fingerprint density at radius 2 is 1.77 bits per heavy atom. The summed E-state index contributed by atoms with van der Waals surface area (Å²) in [6.45, 7) is 3.91. The summed E-state index contributed by atoms with van der Waals surface area (Å²) < 4.78 is 5.54. The predicted molar refractivity (Wildman–Crippen MR) is 85.3 cm³/mol. The third-order valence-electron chi connectivity index (χ3n) is 2.93. The molecule has 0 spiro atoms. The molecule has 4 heteroatoms. The molecule has 0 fully saturated rings. The van der Waals surface area contributed by atoms with E-state index < -0.39 is 0 Å². The van der Waals surface area contributed by atoms with Crippen molar-refractivity contribution in [2.24, 2.45) is 0 Å². The first kappa shape index (κ1) is 15.6. The van der Waals surface area contributed by atoms with Crippen molar-refractivity contribution in [1.82, 2.24) is 0 Å². The van der Waals surface area contributed by atoms with Crippen LogP contribution in [0.5, 0.6) is 17.2 Å². The third-order valence-corrected chi connectivity index (χ3v) is 2.93. The molecule has 2 aromatic carbocycles. The van der Waals surface area contributed by atoms with Crippen molar-refractivity contribution in [2.45, 2.75) is 20.0 Å². The molecule has 0 aromatic heterocycles. The number of aromatic hydroxyl groups is 2. The lowest BCUT2D eigenvalue weighted by Gasteiger charge is -2.09. The van der Waals surface area contributed by atoms with Gasteiger partial charge in [-0.05, 0) is 49.8 Å². The molecule has 0 radical (unpaired) electrons. The first-order valence-corrected chi connectivity index (χ1v) is 6.97. The molecule has 0 saturated carbocycles. The Morgan fingerprint density at radius 1 is 1.09 bits per heavy atom. The highest BCUT2D eigenvalue weighted by Crippen LogP contribution is 2.23. The fraction of sp³-hybridized carbons (Fsp3) is 0.167. The number of carbonyl (C=O) groups excluding carboxylic acids is 1. The molecule has 0 atom stereocenters. The van der Waals surface area contributed by atoms with Crippen molar-refractivity contribution in [3.63, 3.8) is 0 Å². The average molecular weight is 298 g/mol. The van der Waals surface area contributed by atoms with Gasteiger partial charge in [-0.1, -0.05) is 18.2 Å². The number of hydrogen-bond acceptors (Lipinski definition) is 4. The van der Waals surface area contributed by atoms with Gasteiger partial charge in [-0.25, -0.2) is 0 Å². The Labute approximate surface area is 129 Å². The topological polar surface area (TPSA) is 66.8 Å². The van der Waals surface area contributed by atoms with E-state index in [2.05, 4.69) is 0 Å². The largest absolute Gasteiger partial charge is 0.508 e. The molecule has 0 aliphatic heterocycles. The molecule has 2 N–H and O–H groups in total. The zero-order chi connectivity index (χ0) is 16.1. The number of phenols is 2. The van der Waals surface area contributed by atoms with Gasteiger partial charge >= 0.3 is 0 Å². The monoisotopic (exact) mass is 298 g/mol. The SMILES string of the molecule is CC(C)Oc1ccc(/C=C/C(=O)c2ccc(O)cc2O)cc1. The number of ether oxygens (including phenoxy) is 1. The van der Waals surface area contributed by atoms with Crippen molar-refractivity contribution < 1.29 is 19.7 Å². The van der Waals surface area contributed by atoms with Crippen LogP contribution in [-0.2, 0) is 0 Å². The van der Waals surface area contributed by atoms with Crippen molar-refractivity contribution >= 4 is 11.9 Å². The molecule has 0 unspecified atom stereocenters. The minimum Gasteiger partial charge on any atom is -0.508 e. The maximum Gasteiger partial charge on any atom is 0.189 e. The van der Waals surface area contributed by atoms with Crippen LogP contribution < -0.4 is 4.74 Å². The Balaban J connectivity index is 2.09. The Morgan fingerprint density at radius 3 is 2.36 bits per heavy atom. The van der Waals surface area contributed by atoms with Gasteiger partial charge in [0.2, 0.25) is 0 Å². The molecule has 114 valence electrons. The number of allylic oxidation sites excluding steroid dienone is 1. The number of rotatable bonds is 5. The second kappa shape index (κ2) is 6.80. The van der Waals surface area contributed by atoms with Gasteiger partial charge in [0, 0.05) is 6.07 Å². The minimum absolute atomic E-state index is 0.0845. The zero-order valence-electron chi connectivity index (χ0n) is 12.5. The number of ketones is 1. The Bertz CT molecular complexity index is 685. The Kier molecular flexibility index (Phi) is 4.84. The van der Waals surface area contributed by atoms with Crippen LogP contribution >= 0.6 is 0 Å². The van der Waals surface area contributed by atoms with Crippen LogP contribution in [-0.4, -0.2) is 22.1 Å². The normalized spacial score (nSPS) is 11.0. The molecule has 0 bridgehead atoms. The summed E-state index contributed by atoms with van der Waals surface area (Å²) in [5.41, 5.74) is 0.997. The van der Waals surface area contributed by atoms with Crippen LogP contribution in [0.4, 0.5) is 0 Å². The van der Waals surface area contributed by atoms with Gasteiger partial charge < -0.3 is 14.9 Å². The van der Waals surface area contributed by atoms with E-state index >= 15 is 0 Å². The molecule has 4 nitrogen and oxygen atoms in total. The summed E-state index contributed by atoms with van der Waals surface area (Å²) in [7, 11) is 0. The summed E-state index contributed by atoms with van der Waals surface area (Å²) in [5, 5.41) is 18.9. The van der Waals surface area contributed by atoms with Gasteiger partial charge in [-0.15, -0.1) is 0 Å². The smallest absolute Gasteiger partial charge is 0.189 e. The summed E-state index contributed by atoms with van der Waals surface area (Å²) in [6.07, 6.45) is 3.15. The summed E-state index contributed by atoms with van der Waals surface area (Å²) >= 11 is 0. The molecule has 0 saturated heterocycles. The van der Waals surface area contributed by atoms with Gasteiger partial charge in [0.1, 0.15) is 17.2 Å².